The number of aromatic nitrogens is 1. The van der Waals surface area contributed by atoms with Gasteiger partial charge in [0.15, 0.2) is 0 Å². The lowest BCUT2D eigenvalue weighted by molar-refractivity contribution is -0.117. The van der Waals surface area contributed by atoms with E-state index < -0.39 is 6.04 Å². The second kappa shape index (κ2) is 4.75. The summed E-state index contributed by atoms with van der Waals surface area (Å²) in [5.74, 6) is -0.267. The van der Waals surface area contributed by atoms with Crippen LogP contribution >= 0.6 is 0 Å². The second-order valence-corrected chi connectivity index (χ2v) is 3.32. The molecule has 0 aliphatic carbocycles. The van der Waals surface area contributed by atoms with Gasteiger partial charge in [-0.15, -0.1) is 0 Å². The SMILES string of the molecule is CCn1cc(NC(=O)[C@@H](C)N)ccc1=O. The van der Waals surface area contributed by atoms with Crippen molar-refractivity contribution in [1.82, 2.24) is 4.57 Å². The molecule has 5 nitrogen and oxygen atoms in total. The number of carbonyl (C=O) groups excluding carboxylic acids is 1. The Hall–Kier alpha value is -1.62. The predicted octanol–water partition coefficient (Wildman–Crippen LogP) is 0.154. The average molecular weight is 209 g/mol. The van der Waals surface area contributed by atoms with Gasteiger partial charge in [0.2, 0.25) is 5.91 Å². The summed E-state index contributed by atoms with van der Waals surface area (Å²) in [6.07, 6.45) is 1.60. The standard InChI is InChI=1S/C10H15N3O2/c1-3-13-6-8(4-5-9(13)14)12-10(15)7(2)11/h4-7H,3,11H2,1-2H3,(H,12,15)/t7-/m1/s1. The third-order valence-corrected chi connectivity index (χ3v) is 2.01. The van der Waals surface area contributed by atoms with Crippen LogP contribution in [0.1, 0.15) is 13.8 Å². The van der Waals surface area contributed by atoms with E-state index >= 15 is 0 Å². The van der Waals surface area contributed by atoms with E-state index in [0.717, 1.165) is 0 Å². The Kier molecular flexibility index (Phi) is 3.62. The molecule has 0 radical (unpaired) electrons. The minimum absolute atomic E-state index is 0.0868. The number of pyridine rings is 1. The first-order valence-corrected chi connectivity index (χ1v) is 4.81. The van der Waals surface area contributed by atoms with Gasteiger partial charge >= 0.3 is 0 Å². The van der Waals surface area contributed by atoms with Crippen molar-refractivity contribution < 1.29 is 4.79 Å². The molecule has 5 heteroatoms. The Labute approximate surface area is 87.9 Å². The first-order valence-electron chi connectivity index (χ1n) is 4.81. The molecule has 1 rings (SSSR count). The molecular weight excluding hydrogens is 194 g/mol. The second-order valence-electron chi connectivity index (χ2n) is 3.32. The molecule has 1 atom stereocenters. The van der Waals surface area contributed by atoms with Crippen molar-refractivity contribution in [2.75, 3.05) is 5.32 Å². The number of nitrogens with zero attached hydrogens (tertiary/aromatic N) is 1. The summed E-state index contributed by atoms with van der Waals surface area (Å²) in [6.45, 7) is 4.03. The number of rotatable bonds is 3. The van der Waals surface area contributed by atoms with Crippen LogP contribution in [0.5, 0.6) is 0 Å². The molecule has 0 aliphatic rings. The fourth-order valence-corrected chi connectivity index (χ4v) is 1.11. The number of carbonyl (C=O) groups is 1. The Balaban J connectivity index is 2.88. The fourth-order valence-electron chi connectivity index (χ4n) is 1.11. The van der Waals surface area contributed by atoms with Gasteiger partial charge in [-0.1, -0.05) is 0 Å². The molecule has 0 saturated heterocycles. The lowest BCUT2D eigenvalue weighted by Gasteiger charge is -2.09. The maximum atomic E-state index is 11.3. The van der Waals surface area contributed by atoms with Crippen LogP contribution in [0.15, 0.2) is 23.1 Å². The normalized spacial score (nSPS) is 12.2. The van der Waals surface area contributed by atoms with E-state index in [1.807, 2.05) is 6.92 Å². The van der Waals surface area contributed by atoms with Gasteiger partial charge in [0, 0.05) is 18.8 Å². The van der Waals surface area contributed by atoms with Gasteiger partial charge in [-0.3, -0.25) is 9.59 Å². The summed E-state index contributed by atoms with van der Waals surface area (Å²) in [4.78, 5) is 22.5. The summed E-state index contributed by atoms with van der Waals surface area (Å²) in [7, 11) is 0. The van der Waals surface area contributed by atoms with Crippen LogP contribution in [0, 0.1) is 0 Å². The lowest BCUT2D eigenvalue weighted by Crippen LogP contribution is -2.33. The van der Waals surface area contributed by atoms with Gasteiger partial charge in [-0.25, -0.2) is 0 Å². The Morgan fingerprint density at radius 1 is 1.60 bits per heavy atom. The molecule has 1 heterocycles. The van der Waals surface area contributed by atoms with E-state index in [4.69, 9.17) is 5.73 Å². The average Bonchev–Trinajstić information content (AvgIpc) is 2.20. The molecule has 0 spiro atoms. The van der Waals surface area contributed by atoms with E-state index in [9.17, 15) is 9.59 Å². The number of hydrogen-bond donors (Lipinski definition) is 2. The molecule has 0 unspecified atom stereocenters. The number of anilines is 1. The zero-order chi connectivity index (χ0) is 11.4. The summed E-state index contributed by atoms with van der Waals surface area (Å²) in [5.41, 5.74) is 5.90. The van der Waals surface area contributed by atoms with Gasteiger partial charge in [-0.2, -0.15) is 0 Å². The number of amides is 1. The molecule has 1 amide bonds. The number of aryl methyl sites for hydroxylation is 1. The fraction of sp³-hybridized carbons (Fsp3) is 0.400. The first-order chi connectivity index (χ1) is 7.04. The molecular formula is C10H15N3O2. The third-order valence-electron chi connectivity index (χ3n) is 2.01. The highest BCUT2D eigenvalue weighted by Crippen LogP contribution is 2.03. The summed E-state index contributed by atoms with van der Waals surface area (Å²) in [6, 6.07) is 2.42. The Bertz CT molecular complexity index is 409. The number of hydrogen-bond acceptors (Lipinski definition) is 3. The lowest BCUT2D eigenvalue weighted by atomic mass is 10.3. The molecule has 0 aliphatic heterocycles. The first kappa shape index (κ1) is 11.5. The maximum absolute atomic E-state index is 11.3. The molecule has 15 heavy (non-hydrogen) atoms. The summed E-state index contributed by atoms with van der Waals surface area (Å²) >= 11 is 0. The molecule has 0 aromatic carbocycles. The van der Waals surface area contributed by atoms with Crippen LogP contribution in [-0.4, -0.2) is 16.5 Å². The highest BCUT2D eigenvalue weighted by atomic mass is 16.2. The number of nitrogens with one attached hydrogen (secondary N) is 1. The van der Waals surface area contributed by atoms with E-state index in [1.54, 1.807) is 19.2 Å². The van der Waals surface area contributed by atoms with Gasteiger partial charge in [0.1, 0.15) is 0 Å². The van der Waals surface area contributed by atoms with E-state index in [0.29, 0.717) is 12.2 Å². The largest absolute Gasteiger partial charge is 0.323 e. The Morgan fingerprint density at radius 2 is 2.27 bits per heavy atom. The van der Waals surface area contributed by atoms with Gasteiger partial charge in [-0.05, 0) is 19.9 Å². The molecule has 0 fully saturated rings. The third kappa shape index (κ3) is 2.92. The maximum Gasteiger partial charge on any atom is 0.250 e. The van der Waals surface area contributed by atoms with Crippen molar-refractivity contribution in [3.63, 3.8) is 0 Å². The van der Waals surface area contributed by atoms with Gasteiger partial charge < -0.3 is 15.6 Å². The molecule has 0 bridgehead atoms. The van der Waals surface area contributed by atoms with Crippen LogP contribution < -0.4 is 16.6 Å². The van der Waals surface area contributed by atoms with Crippen LogP contribution in [0.4, 0.5) is 5.69 Å². The van der Waals surface area contributed by atoms with Crippen molar-refractivity contribution in [3.05, 3.63) is 28.7 Å². The summed E-state index contributed by atoms with van der Waals surface area (Å²) in [5, 5.41) is 2.62. The van der Waals surface area contributed by atoms with Crippen molar-refractivity contribution in [3.8, 4) is 0 Å². The smallest absolute Gasteiger partial charge is 0.250 e. The quantitative estimate of drug-likeness (QED) is 0.744. The highest BCUT2D eigenvalue weighted by Gasteiger charge is 2.07. The van der Waals surface area contributed by atoms with Crippen LogP contribution in [0.2, 0.25) is 0 Å². The zero-order valence-electron chi connectivity index (χ0n) is 8.86. The van der Waals surface area contributed by atoms with Crippen LogP contribution in [0.3, 0.4) is 0 Å². The number of nitrogens with two attached hydrogens (primary N) is 1. The van der Waals surface area contributed by atoms with Crippen molar-refractivity contribution in [2.45, 2.75) is 26.4 Å². The minimum Gasteiger partial charge on any atom is -0.323 e. The Morgan fingerprint density at radius 3 is 2.80 bits per heavy atom. The van der Waals surface area contributed by atoms with Crippen LogP contribution in [-0.2, 0) is 11.3 Å². The van der Waals surface area contributed by atoms with Crippen LogP contribution in [0.25, 0.3) is 0 Å². The minimum atomic E-state index is -0.563. The molecule has 3 N–H and O–H groups in total. The highest BCUT2D eigenvalue weighted by molar-refractivity contribution is 5.94. The van der Waals surface area contributed by atoms with E-state index in [2.05, 4.69) is 5.32 Å². The molecule has 1 aromatic rings. The summed E-state index contributed by atoms with van der Waals surface area (Å²) < 4.78 is 1.51. The topological polar surface area (TPSA) is 77.1 Å². The van der Waals surface area contributed by atoms with E-state index in [1.165, 1.54) is 10.6 Å². The van der Waals surface area contributed by atoms with Crippen molar-refractivity contribution in [2.24, 2.45) is 5.73 Å². The van der Waals surface area contributed by atoms with Crippen molar-refractivity contribution >= 4 is 11.6 Å². The van der Waals surface area contributed by atoms with Crippen molar-refractivity contribution in [1.29, 1.82) is 0 Å². The van der Waals surface area contributed by atoms with Gasteiger partial charge in [0.25, 0.3) is 5.56 Å². The molecule has 82 valence electrons. The molecule has 1 aromatic heterocycles. The zero-order valence-corrected chi connectivity index (χ0v) is 8.86. The molecule has 0 saturated carbocycles. The van der Waals surface area contributed by atoms with E-state index in [-0.39, 0.29) is 11.5 Å². The van der Waals surface area contributed by atoms with Gasteiger partial charge in [0.05, 0.1) is 11.7 Å². The predicted molar refractivity (Wildman–Crippen MR) is 58.7 cm³/mol. The monoisotopic (exact) mass is 209 g/mol.